The Morgan fingerprint density at radius 3 is 2.64 bits per heavy atom. The van der Waals surface area contributed by atoms with Crippen LogP contribution in [0.4, 0.5) is 13.2 Å². The Bertz CT molecular complexity index is 1230. The number of halogens is 3. The Kier molecular flexibility index (Phi) is 7.56. The van der Waals surface area contributed by atoms with Crippen molar-refractivity contribution < 1.29 is 22.6 Å². The smallest absolute Gasteiger partial charge is 0.381 e. The Balaban J connectivity index is 1.31. The monoisotopic (exact) mass is 551 g/mol. The highest BCUT2D eigenvalue weighted by molar-refractivity contribution is 5.56. The molecule has 11 heteroatoms. The number of imidazole rings is 1. The molecule has 0 amide bonds. The zero-order chi connectivity index (χ0) is 27.3. The summed E-state index contributed by atoms with van der Waals surface area (Å²) in [6.07, 6.45) is 2.16. The van der Waals surface area contributed by atoms with Gasteiger partial charge in [0, 0.05) is 56.6 Å². The molecule has 3 aliphatic heterocycles. The number of aromatic nitrogens is 2. The van der Waals surface area contributed by atoms with Gasteiger partial charge in [-0.3, -0.25) is 24.7 Å². The molecule has 1 saturated carbocycles. The van der Waals surface area contributed by atoms with Crippen LogP contribution in [0.1, 0.15) is 56.7 Å². The molecule has 5 heterocycles. The number of alkyl halides is 3. The molecule has 0 aromatic carbocycles. The van der Waals surface area contributed by atoms with Gasteiger partial charge in [-0.2, -0.15) is 13.2 Å². The average Bonchev–Trinajstić information content (AvgIpc) is 3.43. The van der Waals surface area contributed by atoms with E-state index in [4.69, 9.17) is 9.47 Å². The number of pyridine rings is 1. The van der Waals surface area contributed by atoms with Gasteiger partial charge in [0.15, 0.2) is 0 Å². The standard InChI is InChI=1S/C28H40F3N5O3/c1-17-10-32-33-26(17)25(21-15-38-16-21)20-4-3-5-22(9-20)35-14-24-23(28(29,30)31)8-19(13-36(24)27(35)37)12-34-6-7-39-18(2)11-34/h8,13-14,17-18,20-22,25-26,32-33H,3-7,9-12,15-16H2,1-2H3/t17?,18-,20?,22?,25+,26?/m1/s1. The zero-order valence-electron chi connectivity index (χ0n) is 22.8. The van der Waals surface area contributed by atoms with Crippen molar-refractivity contribution >= 4 is 5.52 Å². The molecule has 3 saturated heterocycles. The first-order valence-corrected chi connectivity index (χ1v) is 14.4. The summed E-state index contributed by atoms with van der Waals surface area (Å²) in [5.41, 5.74) is 6.10. The molecule has 6 rings (SSSR count). The van der Waals surface area contributed by atoms with Crippen molar-refractivity contribution in [3.05, 3.63) is 40.1 Å². The summed E-state index contributed by atoms with van der Waals surface area (Å²) in [4.78, 5) is 15.8. The second-order valence-corrected chi connectivity index (χ2v) is 12.2. The summed E-state index contributed by atoms with van der Waals surface area (Å²) in [5, 5.41) is 0. The number of hydrazine groups is 1. The first kappa shape index (κ1) is 27.3. The van der Waals surface area contributed by atoms with E-state index in [-0.39, 0.29) is 23.4 Å². The summed E-state index contributed by atoms with van der Waals surface area (Å²) in [5.74, 6) is 1.75. The van der Waals surface area contributed by atoms with E-state index >= 15 is 0 Å². The zero-order valence-corrected chi connectivity index (χ0v) is 22.8. The molecule has 0 bridgehead atoms. The van der Waals surface area contributed by atoms with Gasteiger partial charge in [-0.05, 0) is 55.6 Å². The fraction of sp³-hybridized carbons (Fsp3) is 0.750. The molecule has 4 unspecified atom stereocenters. The summed E-state index contributed by atoms with van der Waals surface area (Å²) in [6.45, 7) is 8.84. The van der Waals surface area contributed by atoms with Crippen LogP contribution in [-0.2, 0) is 22.2 Å². The van der Waals surface area contributed by atoms with Crippen LogP contribution in [0.5, 0.6) is 0 Å². The molecular weight excluding hydrogens is 511 g/mol. The number of nitrogens with zero attached hydrogens (tertiary/aromatic N) is 3. The molecule has 216 valence electrons. The third kappa shape index (κ3) is 5.40. The summed E-state index contributed by atoms with van der Waals surface area (Å²) >= 11 is 0. The van der Waals surface area contributed by atoms with E-state index in [0.29, 0.717) is 61.5 Å². The molecule has 2 N–H and O–H groups in total. The van der Waals surface area contributed by atoms with E-state index < -0.39 is 11.7 Å². The molecule has 2 aromatic heterocycles. The highest BCUT2D eigenvalue weighted by Crippen LogP contribution is 2.44. The van der Waals surface area contributed by atoms with Crippen molar-refractivity contribution in [2.24, 2.45) is 23.7 Å². The lowest BCUT2D eigenvalue weighted by Crippen LogP contribution is -2.51. The SMILES string of the molecule is CC1CNNC1[C@H](C1COC1)C1CCCC(n2cc3c(C(F)(F)F)cc(CN4CCO[C@H](C)C4)cn3c2=O)C1. The minimum atomic E-state index is -4.56. The van der Waals surface area contributed by atoms with Crippen molar-refractivity contribution in [1.82, 2.24) is 24.7 Å². The third-order valence-corrected chi connectivity index (χ3v) is 9.44. The van der Waals surface area contributed by atoms with Crippen LogP contribution in [-0.4, -0.2) is 65.5 Å². The molecule has 8 nitrogen and oxygen atoms in total. The van der Waals surface area contributed by atoms with E-state index in [1.54, 1.807) is 10.8 Å². The van der Waals surface area contributed by atoms with E-state index in [0.717, 1.165) is 45.4 Å². The van der Waals surface area contributed by atoms with Gasteiger partial charge >= 0.3 is 11.9 Å². The third-order valence-electron chi connectivity index (χ3n) is 9.44. The highest BCUT2D eigenvalue weighted by atomic mass is 19.4. The number of morpholine rings is 1. The predicted molar refractivity (Wildman–Crippen MR) is 140 cm³/mol. The van der Waals surface area contributed by atoms with Crippen molar-refractivity contribution in [3.63, 3.8) is 0 Å². The lowest BCUT2D eigenvalue weighted by atomic mass is 9.67. The summed E-state index contributed by atoms with van der Waals surface area (Å²) in [6, 6.07) is 1.43. The Labute approximate surface area is 226 Å². The average molecular weight is 552 g/mol. The van der Waals surface area contributed by atoms with Crippen LogP contribution in [0, 0.1) is 23.7 Å². The van der Waals surface area contributed by atoms with E-state index in [9.17, 15) is 18.0 Å². The molecular formula is C28H40F3N5O3. The lowest BCUT2D eigenvalue weighted by molar-refractivity contribution is -0.136. The number of hydrogen-bond donors (Lipinski definition) is 2. The van der Waals surface area contributed by atoms with Gasteiger partial charge < -0.3 is 9.47 Å². The van der Waals surface area contributed by atoms with E-state index in [2.05, 4.69) is 22.7 Å². The van der Waals surface area contributed by atoms with Gasteiger partial charge in [-0.25, -0.2) is 4.79 Å². The summed E-state index contributed by atoms with van der Waals surface area (Å²) < 4.78 is 56.7. The van der Waals surface area contributed by atoms with Crippen LogP contribution in [0.25, 0.3) is 5.52 Å². The predicted octanol–water partition coefficient (Wildman–Crippen LogP) is 3.45. The van der Waals surface area contributed by atoms with Crippen LogP contribution < -0.4 is 16.5 Å². The van der Waals surface area contributed by atoms with Gasteiger partial charge in [0.05, 0.1) is 37.0 Å². The van der Waals surface area contributed by atoms with Gasteiger partial charge in [0.1, 0.15) is 0 Å². The molecule has 6 atom stereocenters. The van der Waals surface area contributed by atoms with Crippen LogP contribution in [0.15, 0.2) is 23.3 Å². The lowest BCUT2D eigenvalue weighted by Gasteiger charge is -2.45. The first-order chi connectivity index (χ1) is 18.7. The second-order valence-electron chi connectivity index (χ2n) is 12.2. The minimum Gasteiger partial charge on any atom is -0.381 e. The number of nitrogens with one attached hydrogen (secondary N) is 2. The van der Waals surface area contributed by atoms with Crippen LogP contribution in [0.3, 0.4) is 0 Å². The van der Waals surface area contributed by atoms with Gasteiger partial charge in [-0.1, -0.05) is 13.3 Å². The fourth-order valence-electron chi connectivity index (χ4n) is 7.46. The molecule has 4 fully saturated rings. The number of rotatable bonds is 6. The van der Waals surface area contributed by atoms with Crippen LogP contribution >= 0.6 is 0 Å². The molecule has 0 radical (unpaired) electrons. The first-order valence-electron chi connectivity index (χ1n) is 14.4. The highest BCUT2D eigenvalue weighted by Gasteiger charge is 2.45. The fourth-order valence-corrected chi connectivity index (χ4v) is 7.46. The number of fused-ring (bicyclic) bond motifs is 1. The maximum Gasteiger partial charge on any atom is 0.418 e. The topological polar surface area (TPSA) is 72.2 Å². The largest absolute Gasteiger partial charge is 0.418 e. The van der Waals surface area contributed by atoms with Gasteiger partial charge in [-0.15, -0.1) is 0 Å². The van der Waals surface area contributed by atoms with Gasteiger partial charge in [0.25, 0.3) is 0 Å². The van der Waals surface area contributed by atoms with Crippen molar-refractivity contribution in [2.75, 3.05) is 39.5 Å². The Morgan fingerprint density at radius 2 is 1.97 bits per heavy atom. The molecule has 2 aromatic rings. The maximum absolute atomic E-state index is 14.3. The molecule has 39 heavy (non-hydrogen) atoms. The second kappa shape index (κ2) is 10.8. The van der Waals surface area contributed by atoms with Gasteiger partial charge in [0.2, 0.25) is 0 Å². The van der Waals surface area contributed by atoms with Crippen LogP contribution in [0.2, 0.25) is 0 Å². The van der Waals surface area contributed by atoms with Crippen molar-refractivity contribution in [2.45, 2.75) is 70.4 Å². The molecule has 1 aliphatic carbocycles. The van der Waals surface area contributed by atoms with Crippen molar-refractivity contribution in [1.29, 1.82) is 0 Å². The normalized spacial score (nSPS) is 32.0. The molecule has 0 spiro atoms. The summed E-state index contributed by atoms with van der Waals surface area (Å²) in [7, 11) is 0. The van der Waals surface area contributed by atoms with E-state index in [1.165, 1.54) is 16.7 Å². The Hall–Kier alpha value is -1.92. The number of hydrogen-bond acceptors (Lipinski definition) is 6. The van der Waals surface area contributed by atoms with Crippen molar-refractivity contribution in [3.8, 4) is 0 Å². The quantitative estimate of drug-likeness (QED) is 0.573. The maximum atomic E-state index is 14.3. The Morgan fingerprint density at radius 1 is 1.15 bits per heavy atom. The number of ether oxygens (including phenoxy) is 2. The molecule has 4 aliphatic rings. The van der Waals surface area contributed by atoms with E-state index in [1.807, 2.05) is 6.92 Å². The minimum absolute atomic E-state index is 0.0288.